The van der Waals surface area contributed by atoms with Crippen LogP contribution in [-0.2, 0) is 9.47 Å². The summed E-state index contributed by atoms with van der Waals surface area (Å²) in [6.45, 7) is 24.8. The molecule has 2 spiro atoms. The average Bonchev–Trinajstić information content (AvgIpc) is 3.60. The monoisotopic (exact) mass is 514 g/mol. The number of nitrogens with zero attached hydrogens (tertiary/aromatic N) is 1. The van der Waals surface area contributed by atoms with Crippen molar-refractivity contribution in [2.24, 2.45) is 38.5 Å². The van der Waals surface area contributed by atoms with Gasteiger partial charge in [0.1, 0.15) is 5.60 Å². The number of para-hydroxylation sites is 2. The van der Waals surface area contributed by atoms with E-state index in [9.17, 15) is 0 Å². The third kappa shape index (κ3) is 2.63. The zero-order valence-electron chi connectivity index (χ0n) is 24.4. The summed E-state index contributed by atoms with van der Waals surface area (Å²) in [7, 11) is 0. The lowest BCUT2D eigenvalue weighted by Gasteiger charge is -2.48. The molecule has 7 atom stereocenters. The van der Waals surface area contributed by atoms with Crippen molar-refractivity contribution < 1.29 is 9.47 Å². The van der Waals surface area contributed by atoms with Crippen LogP contribution in [0, 0.1) is 33.5 Å². The molecule has 6 aliphatic rings. The van der Waals surface area contributed by atoms with Gasteiger partial charge in [-0.25, -0.2) is 0 Å². The van der Waals surface area contributed by atoms with E-state index in [0.717, 1.165) is 24.2 Å². The molecule has 4 bridgehead atoms. The summed E-state index contributed by atoms with van der Waals surface area (Å²) in [6, 6.07) is 8.92. The van der Waals surface area contributed by atoms with E-state index in [1.165, 1.54) is 42.5 Å². The molecule has 1 aromatic carbocycles. The maximum Gasteiger partial charge on any atom is 0.116 e. The van der Waals surface area contributed by atoms with Crippen molar-refractivity contribution in [3.63, 3.8) is 0 Å². The normalized spacial score (nSPS) is 46.9. The van der Waals surface area contributed by atoms with E-state index in [-0.39, 0.29) is 38.9 Å². The predicted octanol–water partition coefficient (Wildman–Crippen LogP) is 7.88. The minimum Gasteiger partial charge on any atom is -0.377 e. The molecule has 0 unspecified atom stereocenters. The Hall–Kier alpha value is -1.91. The van der Waals surface area contributed by atoms with Crippen LogP contribution in [0.25, 0.3) is 0 Å². The van der Waals surface area contributed by atoms with E-state index in [1.54, 1.807) is 0 Å². The molecule has 4 heteroatoms. The van der Waals surface area contributed by atoms with Crippen LogP contribution in [0.15, 0.2) is 53.6 Å². The Morgan fingerprint density at radius 2 is 1.53 bits per heavy atom. The van der Waals surface area contributed by atoms with Gasteiger partial charge in [0.25, 0.3) is 0 Å². The van der Waals surface area contributed by atoms with Crippen molar-refractivity contribution in [1.29, 1.82) is 0 Å². The van der Waals surface area contributed by atoms with Gasteiger partial charge in [-0.1, -0.05) is 66.8 Å². The van der Waals surface area contributed by atoms with Crippen molar-refractivity contribution in [3.8, 4) is 0 Å². The van der Waals surface area contributed by atoms with Crippen LogP contribution in [-0.4, -0.2) is 36.2 Å². The van der Waals surface area contributed by atoms with Gasteiger partial charge in [-0.2, -0.15) is 0 Å². The summed E-state index contributed by atoms with van der Waals surface area (Å²) >= 11 is 0. The van der Waals surface area contributed by atoms with Gasteiger partial charge in [0.05, 0.1) is 41.9 Å². The summed E-state index contributed by atoms with van der Waals surface area (Å²) < 4.78 is 13.5. The third-order valence-electron chi connectivity index (χ3n) is 13.5. The minimum atomic E-state index is -0.334. The van der Waals surface area contributed by atoms with E-state index in [1.807, 2.05) is 0 Å². The Labute approximate surface area is 229 Å². The fourth-order valence-corrected chi connectivity index (χ4v) is 10.6. The van der Waals surface area contributed by atoms with Crippen LogP contribution in [0.5, 0.6) is 0 Å². The van der Waals surface area contributed by atoms with E-state index < -0.39 is 0 Å². The van der Waals surface area contributed by atoms with Crippen molar-refractivity contribution >= 4 is 17.1 Å². The van der Waals surface area contributed by atoms with Crippen molar-refractivity contribution in [3.05, 3.63) is 48.6 Å². The second-order valence-electron chi connectivity index (χ2n) is 15.1. The number of benzene rings is 1. The highest BCUT2D eigenvalue weighted by Crippen LogP contribution is 2.74. The Balaban J connectivity index is 1.31. The molecular formula is C34H46N2O2. The Morgan fingerprint density at radius 3 is 2.21 bits per heavy atom. The van der Waals surface area contributed by atoms with Gasteiger partial charge < -0.3 is 14.8 Å². The van der Waals surface area contributed by atoms with Crippen LogP contribution in [0.1, 0.15) is 80.1 Å². The molecule has 0 amide bonds. The van der Waals surface area contributed by atoms with Crippen LogP contribution in [0.4, 0.5) is 11.4 Å². The SMILES string of the molecule is C=C1CO[C@@]2(C1)C(=Nc1ccccc1N[C@H]1[C@@H]3CC[C@@](C)(C3(C)C)[C@]13CC(=C)CO3)[C@@H]1CC[C@@]2(C)C1(C)C. The van der Waals surface area contributed by atoms with Crippen molar-refractivity contribution in [2.45, 2.75) is 97.3 Å². The lowest BCUT2D eigenvalue weighted by Crippen LogP contribution is -2.55. The summed E-state index contributed by atoms with van der Waals surface area (Å²) in [5, 5.41) is 4.08. The highest BCUT2D eigenvalue weighted by molar-refractivity contribution is 6.02. The molecule has 1 aromatic rings. The summed E-state index contributed by atoms with van der Waals surface area (Å²) in [5.74, 6) is 0.979. The Morgan fingerprint density at radius 1 is 0.842 bits per heavy atom. The molecule has 7 rings (SSSR count). The third-order valence-corrected chi connectivity index (χ3v) is 13.5. The lowest BCUT2D eigenvalue weighted by molar-refractivity contribution is -0.109. The second kappa shape index (κ2) is 7.43. The number of rotatable bonds is 3. The van der Waals surface area contributed by atoms with Crippen LogP contribution in [0.3, 0.4) is 0 Å². The Bertz CT molecular complexity index is 1280. The molecule has 4 aliphatic carbocycles. The zero-order valence-corrected chi connectivity index (χ0v) is 24.4. The fourth-order valence-electron chi connectivity index (χ4n) is 10.6. The number of aliphatic imine (C=N–C) groups is 1. The van der Waals surface area contributed by atoms with Gasteiger partial charge in [-0.05, 0) is 65.7 Å². The van der Waals surface area contributed by atoms with Crippen molar-refractivity contribution in [2.75, 3.05) is 18.5 Å². The molecule has 2 heterocycles. The number of hydrogen-bond donors (Lipinski definition) is 1. The molecule has 6 fully saturated rings. The molecular weight excluding hydrogens is 468 g/mol. The topological polar surface area (TPSA) is 42.8 Å². The maximum atomic E-state index is 6.79. The molecule has 204 valence electrons. The van der Waals surface area contributed by atoms with Gasteiger partial charge in [0.15, 0.2) is 0 Å². The maximum absolute atomic E-state index is 6.79. The van der Waals surface area contributed by atoms with E-state index in [0.29, 0.717) is 25.0 Å². The van der Waals surface area contributed by atoms with Gasteiger partial charge in [0.2, 0.25) is 0 Å². The fraction of sp³-hybridized carbons (Fsp3) is 0.676. The first-order chi connectivity index (χ1) is 17.8. The van der Waals surface area contributed by atoms with E-state index >= 15 is 0 Å². The predicted molar refractivity (Wildman–Crippen MR) is 155 cm³/mol. The number of fused-ring (bicyclic) bond motifs is 6. The minimum absolute atomic E-state index is 0.0661. The van der Waals surface area contributed by atoms with Crippen LogP contribution >= 0.6 is 0 Å². The highest BCUT2D eigenvalue weighted by atomic mass is 16.5. The lowest BCUT2D eigenvalue weighted by atomic mass is 9.63. The molecule has 38 heavy (non-hydrogen) atoms. The van der Waals surface area contributed by atoms with Crippen LogP contribution < -0.4 is 5.32 Å². The average molecular weight is 515 g/mol. The quantitative estimate of drug-likeness (QED) is 0.417. The zero-order chi connectivity index (χ0) is 26.9. The molecule has 4 saturated carbocycles. The van der Waals surface area contributed by atoms with Gasteiger partial charge in [0, 0.05) is 29.6 Å². The van der Waals surface area contributed by atoms with Crippen LogP contribution in [0.2, 0.25) is 0 Å². The van der Waals surface area contributed by atoms with E-state index in [2.05, 4.69) is 84.3 Å². The molecule has 4 nitrogen and oxygen atoms in total. The second-order valence-corrected chi connectivity index (χ2v) is 15.1. The largest absolute Gasteiger partial charge is 0.377 e. The molecule has 0 radical (unpaired) electrons. The number of nitrogens with one attached hydrogen (secondary N) is 1. The highest BCUT2D eigenvalue weighted by Gasteiger charge is 2.76. The number of anilines is 1. The van der Waals surface area contributed by atoms with Gasteiger partial charge >= 0.3 is 0 Å². The summed E-state index contributed by atoms with van der Waals surface area (Å²) in [6.07, 6.45) is 6.69. The Kier molecular flexibility index (Phi) is 4.90. The summed E-state index contributed by atoms with van der Waals surface area (Å²) in [4.78, 5) is 5.57. The number of ether oxygens (including phenoxy) is 2. The first kappa shape index (κ1) is 25.1. The molecule has 0 aromatic heterocycles. The molecule has 2 saturated heterocycles. The van der Waals surface area contributed by atoms with E-state index in [4.69, 9.17) is 14.5 Å². The first-order valence-corrected chi connectivity index (χ1v) is 14.9. The molecule has 1 N–H and O–H groups in total. The standard InChI is InChI=1S/C34H46N2O2/c1-21-17-33(37-19-21)27(23-13-15-31(33,7)29(23,3)4)35-25-11-9-10-12-26(25)36-28-24-14-16-32(8,30(24,5)6)34(28)18-22(2)20-38-34/h9-12,23-24,27,35H,1-2,13-20H2,3-8H3/t23-,24-,27-,31-,32-,33-,34-/m0/s1. The number of hydrogen-bond acceptors (Lipinski definition) is 4. The molecule has 2 aliphatic heterocycles. The van der Waals surface area contributed by atoms with Gasteiger partial charge in [-0.15, -0.1) is 0 Å². The first-order valence-electron chi connectivity index (χ1n) is 14.9. The van der Waals surface area contributed by atoms with Crippen molar-refractivity contribution in [1.82, 2.24) is 0 Å². The smallest absolute Gasteiger partial charge is 0.116 e. The van der Waals surface area contributed by atoms with Gasteiger partial charge in [-0.3, -0.25) is 4.99 Å². The summed E-state index contributed by atoms with van der Waals surface area (Å²) in [5.41, 5.74) is 5.81.